The normalized spacial score (nSPS) is 19.8. The van der Waals surface area contributed by atoms with Crippen molar-refractivity contribution in [2.45, 2.75) is 58.5 Å². The molecule has 0 aliphatic heterocycles. The average Bonchev–Trinajstić information content (AvgIpc) is 2.27. The molecular formula is C11H24Si2. The lowest BCUT2D eigenvalue weighted by molar-refractivity contribution is 0.912. The second-order valence-electron chi connectivity index (χ2n) is 6.31. The van der Waals surface area contributed by atoms with Crippen molar-refractivity contribution in [1.29, 1.82) is 0 Å². The topological polar surface area (TPSA) is 0 Å². The molecule has 13 heavy (non-hydrogen) atoms. The first-order valence-corrected chi connectivity index (χ1v) is 12.5. The standard InChI is InChI=1S/C11H24Si2/c1-12(2,3)10-8-7-9-11(10)13(4,5)6/h7-9H2,1-6H3. The summed E-state index contributed by atoms with van der Waals surface area (Å²) in [6.07, 6.45) is 4.30. The Bertz CT molecular complexity index is 201. The van der Waals surface area contributed by atoms with E-state index < -0.39 is 16.1 Å². The molecule has 0 N–H and O–H groups in total. The minimum atomic E-state index is -0.983. The Labute approximate surface area is 85.5 Å². The molecule has 0 bridgehead atoms. The molecule has 1 aliphatic carbocycles. The van der Waals surface area contributed by atoms with Crippen LogP contribution in [0.1, 0.15) is 19.3 Å². The fourth-order valence-corrected chi connectivity index (χ4v) is 8.56. The van der Waals surface area contributed by atoms with Gasteiger partial charge in [0.15, 0.2) is 0 Å². The molecule has 0 fully saturated rings. The van der Waals surface area contributed by atoms with Gasteiger partial charge in [0.25, 0.3) is 0 Å². The van der Waals surface area contributed by atoms with Crippen LogP contribution >= 0.6 is 0 Å². The number of rotatable bonds is 2. The first-order valence-electron chi connectivity index (χ1n) is 5.46. The zero-order chi connectivity index (χ0) is 10.3. The highest BCUT2D eigenvalue weighted by Crippen LogP contribution is 2.37. The fraction of sp³-hybridized carbons (Fsp3) is 0.818. The molecule has 0 heterocycles. The van der Waals surface area contributed by atoms with Gasteiger partial charge in [-0.2, -0.15) is 0 Å². The number of hydrogen-bond acceptors (Lipinski definition) is 0. The van der Waals surface area contributed by atoms with Crippen molar-refractivity contribution in [1.82, 2.24) is 0 Å². The maximum atomic E-state index is 2.51. The van der Waals surface area contributed by atoms with Crippen molar-refractivity contribution in [3.8, 4) is 0 Å². The van der Waals surface area contributed by atoms with Gasteiger partial charge < -0.3 is 0 Å². The first kappa shape index (κ1) is 11.2. The highest BCUT2D eigenvalue weighted by Gasteiger charge is 2.32. The van der Waals surface area contributed by atoms with E-state index in [2.05, 4.69) is 39.3 Å². The van der Waals surface area contributed by atoms with Crippen molar-refractivity contribution in [3.05, 3.63) is 10.4 Å². The summed E-state index contributed by atoms with van der Waals surface area (Å²) in [5.41, 5.74) is 0. The summed E-state index contributed by atoms with van der Waals surface area (Å²) in [6, 6.07) is 0. The fourth-order valence-electron chi connectivity index (χ4n) is 2.40. The number of allylic oxidation sites excluding steroid dienone is 2. The van der Waals surface area contributed by atoms with Gasteiger partial charge >= 0.3 is 0 Å². The van der Waals surface area contributed by atoms with Crippen molar-refractivity contribution in [2.24, 2.45) is 0 Å². The van der Waals surface area contributed by atoms with Gasteiger partial charge in [-0.3, -0.25) is 0 Å². The highest BCUT2D eigenvalue weighted by atomic mass is 28.3. The van der Waals surface area contributed by atoms with Crippen LogP contribution in [0.5, 0.6) is 0 Å². The lowest BCUT2D eigenvalue weighted by Crippen LogP contribution is -2.31. The predicted octanol–water partition coefficient (Wildman–Crippen LogP) is 4.22. The summed E-state index contributed by atoms with van der Waals surface area (Å²) >= 11 is 0. The second kappa shape index (κ2) is 3.39. The van der Waals surface area contributed by atoms with E-state index in [0.717, 1.165) is 0 Å². The van der Waals surface area contributed by atoms with Crippen LogP contribution in [0.3, 0.4) is 0 Å². The van der Waals surface area contributed by atoms with E-state index in [0.29, 0.717) is 0 Å². The van der Waals surface area contributed by atoms with Crippen LogP contribution in [-0.4, -0.2) is 16.1 Å². The lowest BCUT2D eigenvalue weighted by Gasteiger charge is -2.27. The zero-order valence-corrected chi connectivity index (χ0v) is 12.1. The summed E-state index contributed by atoms with van der Waals surface area (Å²) in [7, 11) is -1.97. The molecule has 0 aromatic carbocycles. The molecule has 1 aliphatic rings. The molecule has 0 aromatic heterocycles. The Morgan fingerprint density at radius 3 is 1.23 bits per heavy atom. The SMILES string of the molecule is C[Si](C)(C)C1=C([Si](C)(C)C)CCC1. The smallest absolute Gasteiger partial charge is 0.0718 e. The molecule has 0 radical (unpaired) electrons. The molecule has 0 nitrogen and oxygen atoms in total. The lowest BCUT2D eigenvalue weighted by atomic mass is 10.4. The molecule has 2 heteroatoms. The van der Waals surface area contributed by atoms with E-state index in [9.17, 15) is 0 Å². The van der Waals surface area contributed by atoms with E-state index in [1.165, 1.54) is 19.3 Å². The third-order valence-electron chi connectivity index (χ3n) is 3.03. The van der Waals surface area contributed by atoms with Crippen LogP contribution in [-0.2, 0) is 0 Å². The minimum Gasteiger partial charge on any atom is -0.0855 e. The van der Waals surface area contributed by atoms with E-state index >= 15 is 0 Å². The molecule has 0 aromatic rings. The van der Waals surface area contributed by atoms with Gasteiger partial charge in [0.2, 0.25) is 0 Å². The molecule has 0 amide bonds. The minimum absolute atomic E-state index is 0.983. The predicted molar refractivity (Wildman–Crippen MR) is 67.6 cm³/mol. The van der Waals surface area contributed by atoms with E-state index in [4.69, 9.17) is 0 Å². The Kier molecular flexibility index (Phi) is 2.93. The monoisotopic (exact) mass is 212 g/mol. The maximum Gasteiger partial charge on any atom is 0.0718 e. The molecule has 0 saturated carbocycles. The molecule has 76 valence electrons. The van der Waals surface area contributed by atoms with Crippen molar-refractivity contribution < 1.29 is 0 Å². The summed E-state index contributed by atoms with van der Waals surface area (Å²) < 4.78 is 0. The first-order chi connectivity index (χ1) is 5.73. The summed E-state index contributed by atoms with van der Waals surface area (Å²) in [4.78, 5) is 0. The van der Waals surface area contributed by atoms with E-state index in [1.807, 2.05) is 10.4 Å². The van der Waals surface area contributed by atoms with Crippen LogP contribution < -0.4 is 0 Å². The molecule has 0 atom stereocenters. The third-order valence-corrected chi connectivity index (χ3v) is 8.00. The molecule has 0 saturated heterocycles. The Balaban J connectivity index is 3.04. The van der Waals surface area contributed by atoms with Crippen LogP contribution in [0.2, 0.25) is 39.3 Å². The summed E-state index contributed by atoms with van der Waals surface area (Å²) in [5, 5.41) is 3.85. The van der Waals surface area contributed by atoms with Gasteiger partial charge in [-0.15, -0.1) is 0 Å². The Morgan fingerprint density at radius 1 is 0.692 bits per heavy atom. The average molecular weight is 212 g/mol. The Morgan fingerprint density at radius 2 is 1.00 bits per heavy atom. The van der Waals surface area contributed by atoms with E-state index in [1.54, 1.807) is 0 Å². The van der Waals surface area contributed by atoms with Crippen LogP contribution in [0.25, 0.3) is 0 Å². The summed E-state index contributed by atoms with van der Waals surface area (Å²) in [5.74, 6) is 0. The Hall–Kier alpha value is 0.174. The third kappa shape index (κ3) is 2.56. The number of hydrogen-bond donors (Lipinski definition) is 0. The van der Waals surface area contributed by atoms with Crippen molar-refractivity contribution in [3.63, 3.8) is 0 Å². The van der Waals surface area contributed by atoms with Crippen LogP contribution in [0.15, 0.2) is 10.4 Å². The van der Waals surface area contributed by atoms with Gasteiger partial charge in [0.1, 0.15) is 0 Å². The van der Waals surface area contributed by atoms with Gasteiger partial charge in [-0.25, -0.2) is 0 Å². The van der Waals surface area contributed by atoms with Gasteiger partial charge in [-0.1, -0.05) is 49.7 Å². The molecular weight excluding hydrogens is 188 g/mol. The quantitative estimate of drug-likeness (QED) is 0.601. The van der Waals surface area contributed by atoms with Gasteiger partial charge in [0, 0.05) is 0 Å². The highest BCUT2D eigenvalue weighted by molar-refractivity contribution is 6.89. The largest absolute Gasteiger partial charge is 0.0855 e. The second-order valence-corrected chi connectivity index (χ2v) is 16.5. The molecule has 0 unspecified atom stereocenters. The molecule has 0 spiro atoms. The zero-order valence-electron chi connectivity index (χ0n) is 10.1. The summed E-state index contributed by atoms with van der Waals surface area (Å²) in [6.45, 7) is 15.0. The van der Waals surface area contributed by atoms with Crippen LogP contribution in [0, 0.1) is 0 Å². The van der Waals surface area contributed by atoms with Gasteiger partial charge in [-0.05, 0) is 19.3 Å². The van der Waals surface area contributed by atoms with Crippen molar-refractivity contribution >= 4 is 16.1 Å². The van der Waals surface area contributed by atoms with Crippen molar-refractivity contribution in [2.75, 3.05) is 0 Å². The molecule has 1 rings (SSSR count). The maximum absolute atomic E-state index is 2.51. The van der Waals surface area contributed by atoms with Crippen LogP contribution in [0.4, 0.5) is 0 Å². The van der Waals surface area contributed by atoms with E-state index in [-0.39, 0.29) is 0 Å². The van der Waals surface area contributed by atoms with Gasteiger partial charge in [0.05, 0.1) is 16.1 Å².